The van der Waals surface area contributed by atoms with Gasteiger partial charge >= 0.3 is 0 Å². The molecule has 3 atom stereocenters. The number of likely N-dealkylation sites (tertiary alicyclic amines) is 1. The molecule has 0 aromatic heterocycles. The molecule has 0 radical (unpaired) electrons. The van der Waals surface area contributed by atoms with Crippen molar-refractivity contribution in [3.63, 3.8) is 0 Å². The summed E-state index contributed by atoms with van der Waals surface area (Å²) in [6.45, 7) is 2.75. The van der Waals surface area contributed by atoms with Crippen LogP contribution in [-0.2, 0) is 4.74 Å². The van der Waals surface area contributed by atoms with Gasteiger partial charge in [-0.15, -0.1) is 0 Å². The van der Waals surface area contributed by atoms with Crippen LogP contribution in [0.25, 0.3) is 0 Å². The zero-order valence-corrected chi connectivity index (χ0v) is 7.02. The summed E-state index contributed by atoms with van der Waals surface area (Å²) in [6, 6.07) is 0.414. The van der Waals surface area contributed by atoms with Crippen molar-refractivity contribution in [3.05, 3.63) is 0 Å². The van der Waals surface area contributed by atoms with Gasteiger partial charge in [0.2, 0.25) is 0 Å². The van der Waals surface area contributed by atoms with Gasteiger partial charge in [-0.25, -0.2) is 0 Å². The lowest BCUT2D eigenvalue weighted by Gasteiger charge is -2.20. The Balaban J connectivity index is 1.89. The maximum absolute atomic E-state index is 9.30. The van der Waals surface area contributed by atoms with Crippen LogP contribution in [0.1, 0.15) is 6.42 Å². The standard InChI is InChI=1S/C8H15NO3/c10-7-3-9(4-8(7)11)6-1-2-12-5-6/h6-8,10-11H,1-5H2. The van der Waals surface area contributed by atoms with E-state index in [-0.39, 0.29) is 0 Å². The van der Waals surface area contributed by atoms with Crippen LogP contribution in [0.3, 0.4) is 0 Å². The fourth-order valence-corrected chi connectivity index (χ4v) is 1.91. The molecule has 2 N–H and O–H groups in total. The van der Waals surface area contributed by atoms with Gasteiger partial charge in [0.25, 0.3) is 0 Å². The summed E-state index contributed by atoms with van der Waals surface area (Å²) in [6.07, 6.45) is -0.101. The van der Waals surface area contributed by atoms with Crippen molar-refractivity contribution in [2.75, 3.05) is 26.3 Å². The lowest BCUT2D eigenvalue weighted by molar-refractivity contribution is 0.0572. The second kappa shape index (κ2) is 3.30. The normalized spacial score (nSPS) is 44.0. The molecule has 0 aliphatic carbocycles. The number of aliphatic hydroxyl groups excluding tert-OH is 2. The molecule has 2 aliphatic rings. The first-order chi connectivity index (χ1) is 5.77. The van der Waals surface area contributed by atoms with Crippen molar-refractivity contribution in [3.8, 4) is 0 Å². The van der Waals surface area contributed by atoms with Gasteiger partial charge in [-0.1, -0.05) is 0 Å². The highest BCUT2D eigenvalue weighted by Gasteiger charge is 2.35. The molecule has 0 aromatic carbocycles. The average molecular weight is 173 g/mol. The van der Waals surface area contributed by atoms with Crippen LogP contribution in [-0.4, -0.2) is 59.7 Å². The van der Waals surface area contributed by atoms with Gasteiger partial charge in [0.1, 0.15) is 0 Å². The van der Waals surface area contributed by atoms with E-state index in [1.807, 2.05) is 0 Å². The Morgan fingerprint density at radius 3 is 2.33 bits per heavy atom. The zero-order valence-electron chi connectivity index (χ0n) is 7.02. The van der Waals surface area contributed by atoms with E-state index in [1.54, 1.807) is 0 Å². The Labute approximate surface area is 71.7 Å². The molecule has 4 heteroatoms. The summed E-state index contributed by atoms with van der Waals surface area (Å²) < 4.78 is 5.24. The SMILES string of the molecule is OC1CN(C2CCOC2)CC1O. The van der Waals surface area contributed by atoms with Gasteiger partial charge in [-0.05, 0) is 6.42 Å². The quantitative estimate of drug-likeness (QED) is 0.523. The first-order valence-corrected chi connectivity index (χ1v) is 4.45. The van der Waals surface area contributed by atoms with Crippen LogP contribution in [0.5, 0.6) is 0 Å². The van der Waals surface area contributed by atoms with Crippen LogP contribution >= 0.6 is 0 Å². The van der Waals surface area contributed by atoms with E-state index >= 15 is 0 Å². The minimum atomic E-state index is -0.564. The number of hydrogen-bond donors (Lipinski definition) is 2. The van der Waals surface area contributed by atoms with Crippen LogP contribution in [0.4, 0.5) is 0 Å². The van der Waals surface area contributed by atoms with E-state index in [0.717, 1.165) is 19.6 Å². The Morgan fingerprint density at radius 1 is 1.17 bits per heavy atom. The van der Waals surface area contributed by atoms with Crippen LogP contribution in [0.2, 0.25) is 0 Å². The fourth-order valence-electron chi connectivity index (χ4n) is 1.91. The van der Waals surface area contributed by atoms with Crippen LogP contribution < -0.4 is 0 Å². The Morgan fingerprint density at radius 2 is 1.83 bits per heavy atom. The third-order valence-corrected chi connectivity index (χ3v) is 2.71. The first-order valence-electron chi connectivity index (χ1n) is 4.45. The summed E-state index contributed by atoms with van der Waals surface area (Å²) in [5.74, 6) is 0. The van der Waals surface area contributed by atoms with Crippen molar-refractivity contribution < 1.29 is 14.9 Å². The average Bonchev–Trinajstić information content (AvgIpc) is 2.61. The maximum atomic E-state index is 9.30. The fraction of sp³-hybridized carbons (Fsp3) is 1.00. The van der Waals surface area contributed by atoms with Gasteiger partial charge in [0.05, 0.1) is 18.8 Å². The number of nitrogens with zero attached hydrogens (tertiary/aromatic N) is 1. The molecular weight excluding hydrogens is 158 g/mol. The van der Waals surface area contributed by atoms with E-state index < -0.39 is 12.2 Å². The third-order valence-electron chi connectivity index (χ3n) is 2.71. The van der Waals surface area contributed by atoms with E-state index in [0.29, 0.717) is 19.1 Å². The molecule has 0 amide bonds. The minimum Gasteiger partial charge on any atom is -0.389 e. The molecule has 0 saturated carbocycles. The van der Waals surface area contributed by atoms with Crippen LogP contribution in [0, 0.1) is 0 Å². The number of β-amino-alcohol motifs (C(OH)–C–C–N with tert-alkyl or cyclic N) is 2. The van der Waals surface area contributed by atoms with Crippen molar-refractivity contribution in [2.24, 2.45) is 0 Å². The zero-order chi connectivity index (χ0) is 8.55. The second-order valence-corrected chi connectivity index (χ2v) is 3.61. The lowest BCUT2D eigenvalue weighted by Crippen LogP contribution is -2.34. The number of rotatable bonds is 1. The number of aliphatic hydroxyl groups is 2. The summed E-state index contributed by atoms with van der Waals surface area (Å²) in [4.78, 5) is 2.11. The smallest absolute Gasteiger partial charge is 0.0938 e. The van der Waals surface area contributed by atoms with Gasteiger partial charge in [0.15, 0.2) is 0 Å². The van der Waals surface area contributed by atoms with E-state index in [2.05, 4.69) is 4.90 Å². The van der Waals surface area contributed by atoms with Gasteiger partial charge in [-0.2, -0.15) is 0 Å². The highest BCUT2D eigenvalue weighted by atomic mass is 16.5. The molecule has 0 spiro atoms. The predicted molar refractivity (Wildman–Crippen MR) is 42.8 cm³/mol. The molecule has 2 fully saturated rings. The van der Waals surface area contributed by atoms with E-state index in [1.165, 1.54) is 0 Å². The third kappa shape index (κ3) is 1.47. The lowest BCUT2D eigenvalue weighted by atomic mass is 10.2. The molecular formula is C8H15NO3. The minimum absolute atomic E-state index is 0.414. The Bertz CT molecular complexity index is 148. The highest BCUT2D eigenvalue weighted by molar-refractivity contribution is 4.88. The Kier molecular flexibility index (Phi) is 2.32. The number of hydrogen-bond acceptors (Lipinski definition) is 4. The van der Waals surface area contributed by atoms with Crippen molar-refractivity contribution in [2.45, 2.75) is 24.7 Å². The molecule has 2 rings (SSSR count). The summed E-state index contributed by atoms with van der Waals surface area (Å²) in [5.41, 5.74) is 0. The van der Waals surface area contributed by atoms with Crippen molar-refractivity contribution in [1.29, 1.82) is 0 Å². The van der Waals surface area contributed by atoms with Gasteiger partial charge in [-0.3, -0.25) is 4.90 Å². The second-order valence-electron chi connectivity index (χ2n) is 3.61. The molecule has 2 saturated heterocycles. The van der Waals surface area contributed by atoms with Gasteiger partial charge in [0, 0.05) is 25.7 Å². The highest BCUT2D eigenvalue weighted by Crippen LogP contribution is 2.18. The van der Waals surface area contributed by atoms with Crippen molar-refractivity contribution >= 4 is 0 Å². The van der Waals surface area contributed by atoms with E-state index in [4.69, 9.17) is 4.74 Å². The molecule has 12 heavy (non-hydrogen) atoms. The summed E-state index contributed by atoms with van der Waals surface area (Å²) in [7, 11) is 0. The summed E-state index contributed by atoms with van der Waals surface area (Å²) >= 11 is 0. The molecule has 2 aliphatic heterocycles. The summed E-state index contributed by atoms with van der Waals surface area (Å²) in [5, 5.41) is 18.6. The number of ether oxygens (including phenoxy) is 1. The van der Waals surface area contributed by atoms with Crippen molar-refractivity contribution in [1.82, 2.24) is 4.90 Å². The van der Waals surface area contributed by atoms with Gasteiger partial charge < -0.3 is 14.9 Å². The molecule has 3 unspecified atom stereocenters. The first kappa shape index (κ1) is 8.44. The monoisotopic (exact) mass is 173 g/mol. The topological polar surface area (TPSA) is 52.9 Å². The molecule has 4 nitrogen and oxygen atoms in total. The molecule has 0 bridgehead atoms. The van der Waals surface area contributed by atoms with Crippen LogP contribution in [0.15, 0.2) is 0 Å². The largest absolute Gasteiger partial charge is 0.389 e. The predicted octanol–water partition coefficient (Wildman–Crippen LogP) is -1.19. The molecule has 2 heterocycles. The molecule has 70 valence electrons. The van der Waals surface area contributed by atoms with E-state index in [9.17, 15) is 10.2 Å². The Hall–Kier alpha value is -0.160. The molecule has 0 aromatic rings. The maximum Gasteiger partial charge on any atom is 0.0938 e.